The van der Waals surface area contributed by atoms with Crippen molar-refractivity contribution in [2.45, 2.75) is 16.9 Å². The van der Waals surface area contributed by atoms with E-state index in [1.807, 2.05) is 30.5 Å². The molecule has 2 amide bonds. The van der Waals surface area contributed by atoms with Crippen LogP contribution in [0.1, 0.15) is 12.2 Å². The predicted octanol–water partition coefficient (Wildman–Crippen LogP) is 3.84. The minimum atomic E-state index is -3.38. The van der Waals surface area contributed by atoms with Gasteiger partial charge in [0.1, 0.15) is 18.0 Å². The molecular weight excluding hydrogens is 562 g/mol. The number of rotatable bonds is 6. The average molecular weight is 593 g/mol. The van der Waals surface area contributed by atoms with Crippen LogP contribution in [0.2, 0.25) is 0 Å². The number of nitrogens with one attached hydrogen (secondary N) is 3. The molecule has 2 aromatic heterocycles. The number of ether oxygens (including phenoxy) is 1. The van der Waals surface area contributed by atoms with E-state index in [0.717, 1.165) is 47.1 Å². The molecule has 3 N–H and O–H groups in total. The number of carbonyl (C=O) groups is 1. The molecular formula is C28H30N7O4S2+. The lowest BCUT2D eigenvalue weighted by Gasteiger charge is -2.48. The topological polar surface area (TPSA) is 135 Å². The van der Waals surface area contributed by atoms with Gasteiger partial charge in [-0.2, -0.15) is 4.98 Å². The van der Waals surface area contributed by atoms with Crippen LogP contribution in [0.25, 0.3) is 11.3 Å². The average Bonchev–Trinajstić information content (AvgIpc) is 3.15. The number of amides is 2. The third kappa shape index (κ3) is 4.99. The first kappa shape index (κ1) is 27.4. The van der Waals surface area contributed by atoms with Gasteiger partial charge in [-0.25, -0.2) is 18.2 Å². The number of benzene rings is 1. The highest BCUT2D eigenvalue weighted by molar-refractivity contribution is 7.98. The summed E-state index contributed by atoms with van der Waals surface area (Å²) in [6, 6.07) is 9.97. The second-order valence-corrected chi connectivity index (χ2v) is 12.7. The van der Waals surface area contributed by atoms with Gasteiger partial charge >= 0.3 is 6.03 Å². The number of thioether (sulfide) groups is 1. The number of quaternary nitrogens is 1. The fraction of sp³-hybridized carbons (Fsp3) is 0.286. The molecule has 1 unspecified atom stereocenters. The van der Waals surface area contributed by atoms with Crippen LogP contribution >= 0.6 is 11.8 Å². The molecule has 2 spiro atoms. The van der Waals surface area contributed by atoms with E-state index < -0.39 is 21.6 Å². The van der Waals surface area contributed by atoms with E-state index in [1.54, 1.807) is 42.2 Å². The fourth-order valence-electron chi connectivity index (χ4n) is 5.79. The summed E-state index contributed by atoms with van der Waals surface area (Å²) < 4.78 is 31.7. The number of allylic oxidation sites excluding steroid dienone is 1. The number of pyridine rings is 1. The molecule has 2 aliphatic heterocycles. The van der Waals surface area contributed by atoms with Gasteiger partial charge in [-0.1, -0.05) is 6.08 Å². The summed E-state index contributed by atoms with van der Waals surface area (Å²) in [5.41, 5.74) is 2.97. The summed E-state index contributed by atoms with van der Waals surface area (Å²) >= 11 is 1.66. The van der Waals surface area contributed by atoms with Crippen molar-refractivity contribution >= 4 is 45.0 Å². The molecule has 0 saturated carbocycles. The highest BCUT2D eigenvalue weighted by atomic mass is 32.2. The van der Waals surface area contributed by atoms with Gasteiger partial charge in [-0.15, -0.1) is 11.8 Å². The Hall–Kier alpha value is -3.78. The van der Waals surface area contributed by atoms with Crippen LogP contribution in [0.3, 0.4) is 0 Å². The first-order chi connectivity index (χ1) is 19.7. The van der Waals surface area contributed by atoms with Gasteiger partial charge < -0.3 is 15.4 Å². The number of anilines is 2. The lowest BCUT2D eigenvalue weighted by Crippen LogP contribution is -2.65. The number of hydrogen-bond acceptors (Lipinski definition) is 8. The SMILES string of the molecule is CSc1c(-c2cccnc2)nc2nc1[N+]1(CCOCC1)C21C=CC(NC(=O)Nc2ccc(NS(C)(=O)=O)cc2)=CC1. The first-order valence-electron chi connectivity index (χ1n) is 13.1. The maximum atomic E-state index is 12.8. The summed E-state index contributed by atoms with van der Waals surface area (Å²) in [5, 5.41) is 5.70. The Kier molecular flexibility index (Phi) is 7.06. The van der Waals surface area contributed by atoms with E-state index in [0.29, 0.717) is 41.2 Å². The molecule has 3 aromatic rings. The smallest absolute Gasteiger partial charge is 0.323 e. The van der Waals surface area contributed by atoms with Crippen molar-refractivity contribution in [2.75, 3.05) is 48.9 Å². The quantitative estimate of drug-likeness (QED) is 0.290. The van der Waals surface area contributed by atoms with Gasteiger partial charge in [0.05, 0.1) is 25.2 Å². The van der Waals surface area contributed by atoms with Gasteiger partial charge in [0, 0.05) is 41.4 Å². The molecule has 13 heteroatoms. The lowest BCUT2D eigenvalue weighted by atomic mass is 9.85. The molecule has 1 aliphatic carbocycles. The van der Waals surface area contributed by atoms with Gasteiger partial charge in [0.2, 0.25) is 21.7 Å². The van der Waals surface area contributed by atoms with Crippen LogP contribution in [0.5, 0.6) is 0 Å². The van der Waals surface area contributed by atoms with Crippen LogP contribution in [-0.4, -0.2) is 68.2 Å². The van der Waals surface area contributed by atoms with Crippen molar-refractivity contribution < 1.29 is 17.9 Å². The zero-order valence-electron chi connectivity index (χ0n) is 22.6. The maximum Gasteiger partial charge on any atom is 0.323 e. The number of nitrogens with zero attached hydrogens (tertiary/aromatic N) is 4. The van der Waals surface area contributed by atoms with Crippen LogP contribution < -0.4 is 19.8 Å². The molecule has 6 rings (SSSR count). The zero-order chi connectivity index (χ0) is 28.7. The molecule has 1 aromatic carbocycles. The number of sulfonamides is 1. The van der Waals surface area contributed by atoms with Crippen molar-refractivity contribution in [3.63, 3.8) is 0 Å². The first-order valence-corrected chi connectivity index (χ1v) is 16.2. The number of aromatic nitrogens is 3. The van der Waals surface area contributed by atoms with Crippen molar-refractivity contribution in [3.05, 3.63) is 78.5 Å². The van der Waals surface area contributed by atoms with Crippen molar-refractivity contribution in [3.8, 4) is 11.3 Å². The summed E-state index contributed by atoms with van der Waals surface area (Å²) in [7, 11) is -3.38. The number of hydrogen-bond donors (Lipinski definition) is 3. The Morgan fingerprint density at radius 3 is 2.46 bits per heavy atom. The minimum Gasteiger partial charge on any atom is -0.370 e. The van der Waals surface area contributed by atoms with E-state index in [1.165, 1.54) is 0 Å². The largest absolute Gasteiger partial charge is 0.370 e. The van der Waals surface area contributed by atoms with Crippen molar-refractivity contribution in [2.24, 2.45) is 0 Å². The maximum absolute atomic E-state index is 12.8. The number of fused-ring (bicyclic) bond motifs is 5. The molecule has 2 bridgehead atoms. The molecule has 1 atom stereocenters. The van der Waals surface area contributed by atoms with Crippen molar-refractivity contribution in [1.29, 1.82) is 0 Å². The molecule has 3 aliphatic rings. The van der Waals surface area contributed by atoms with E-state index in [4.69, 9.17) is 14.7 Å². The zero-order valence-corrected chi connectivity index (χ0v) is 24.3. The third-order valence-electron chi connectivity index (χ3n) is 7.65. The molecule has 11 nitrogen and oxygen atoms in total. The minimum absolute atomic E-state index is 0.400. The van der Waals surface area contributed by atoms with Gasteiger partial charge in [-0.05, 0) is 54.8 Å². The van der Waals surface area contributed by atoms with Crippen molar-refractivity contribution in [1.82, 2.24) is 24.8 Å². The standard InChI is InChI=1S/C28H29N7O4S2/c1-40-24-23(19-4-3-13-29-18-19)32-26-28(35(25(24)33-26)14-16-39-17-15-35)11-9-21(10-12-28)31-27(36)30-20-5-7-22(8-6-20)34-41(2,37)38/h3-11,13,18,34H,12,14-17H2,1-2H3,(H-,30,31,36)/p+1. The molecule has 4 heterocycles. The Morgan fingerprint density at radius 1 is 1.07 bits per heavy atom. The number of urea groups is 1. The summed E-state index contributed by atoms with van der Waals surface area (Å²) in [6.07, 6.45) is 13.4. The Morgan fingerprint density at radius 2 is 1.83 bits per heavy atom. The van der Waals surface area contributed by atoms with Gasteiger partial charge in [0.25, 0.3) is 0 Å². The van der Waals surface area contributed by atoms with E-state index >= 15 is 0 Å². The van der Waals surface area contributed by atoms with E-state index in [-0.39, 0.29) is 0 Å². The number of morpholine rings is 1. The highest BCUT2D eigenvalue weighted by Gasteiger charge is 2.62. The molecule has 1 fully saturated rings. The Labute approximate surface area is 242 Å². The fourth-order valence-corrected chi connectivity index (χ4v) is 7.11. The second-order valence-electron chi connectivity index (χ2n) is 10.2. The Balaban J connectivity index is 1.25. The highest BCUT2D eigenvalue weighted by Crippen LogP contribution is 2.54. The summed E-state index contributed by atoms with van der Waals surface area (Å²) in [4.78, 5) is 28.4. The lowest BCUT2D eigenvalue weighted by molar-refractivity contribution is 0.000587. The third-order valence-corrected chi connectivity index (χ3v) is 9.04. The van der Waals surface area contributed by atoms with Crippen LogP contribution in [0.4, 0.5) is 22.0 Å². The number of carbonyl (C=O) groups excluding carboxylic acids is 1. The Bertz CT molecular complexity index is 1650. The summed E-state index contributed by atoms with van der Waals surface area (Å²) in [6.45, 7) is 2.80. The molecule has 212 valence electrons. The van der Waals surface area contributed by atoms with Gasteiger partial charge in [-0.3, -0.25) is 14.2 Å². The molecule has 1 saturated heterocycles. The molecule has 0 radical (unpaired) electrons. The van der Waals surface area contributed by atoms with Gasteiger partial charge in [0.15, 0.2) is 5.54 Å². The van der Waals surface area contributed by atoms with Crippen LogP contribution in [0.15, 0.2) is 77.6 Å². The van der Waals surface area contributed by atoms with E-state index in [9.17, 15) is 13.2 Å². The second kappa shape index (κ2) is 10.6. The predicted molar refractivity (Wildman–Crippen MR) is 160 cm³/mol. The van der Waals surface area contributed by atoms with Crippen LogP contribution in [0, 0.1) is 0 Å². The van der Waals surface area contributed by atoms with Crippen LogP contribution in [-0.2, 0) is 20.3 Å². The van der Waals surface area contributed by atoms with E-state index in [2.05, 4.69) is 32.7 Å². The normalized spacial score (nSPS) is 20.6. The summed E-state index contributed by atoms with van der Waals surface area (Å²) in [5.74, 6) is 1.79. The molecule has 41 heavy (non-hydrogen) atoms. The monoisotopic (exact) mass is 592 g/mol.